The van der Waals surface area contributed by atoms with E-state index in [1.807, 2.05) is 13.0 Å². The van der Waals surface area contributed by atoms with Gasteiger partial charge in [0.15, 0.2) is 5.82 Å². The van der Waals surface area contributed by atoms with Gasteiger partial charge in [0, 0.05) is 30.7 Å². The summed E-state index contributed by atoms with van der Waals surface area (Å²) < 4.78 is 1.45. The summed E-state index contributed by atoms with van der Waals surface area (Å²) in [5.41, 5.74) is 7.69. The Bertz CT molecular complexity index is 904. The fraction of sp³-hybridized carbons (Fsp3) is 0.500. The SMILES string of the molecule is Cc1nc(N)ccc1CNC(=O)Cn1c(C)cnc(NCCC2CCC2)c1=O. The van der Waals surface area contributed by atoms with Gasteiger partial charge in [-0.1, -0.05) is 25.3 Å². The van der Waals surface area contributed by atoms with Crippen molar-refractivity contribution in [3.05, 3.63) is 45.6 Å². The van der Waals surface area contributed by atoms with Gasteiger partial charge in [-0.05, 0) is 37.8 Å². The van der Waals surface area contributed by atoms with Gasteiger partial charge in [0.25, 0.3) is 5.56 Å². The minimum Gasteiger partial charge on any atom is -0.384 e. The third-order valence-corrected chi connectivity index (χ3v) is 5.32. The fourth-order valence-electron chi connectivity index (χ4n) is 3.25. The van der Waals surface area contributed by atoms with Crippen LogP contribution in [0.1, 0.15) is 42.6 Å². The monoisotopic (exact) mass is 384 g/mol. The molecule has 1 amide bonds. The van der Waals surface area contributed by atoms with E-state index in [1.165, 1.54) is 23.8 Å². The summed E-state index contributed by atoms with van der Waals surface area (Å²) in [4.78, 5) is 33.4. The van der Waals surface area contributed by atoms with E-state index in [9.17, 15) is 9.59 Å². The second-order valence-electron chi connectivity index (χ2n) is 7.41. The molecule has 150 valence electrons. The number of nitrogens with one attached hydrogen (secondary N) is 2. The zero-order chi connectivity index (χ0) is 20.1. The number of aryl methyl sites for hydroxylation is 2. The number of amides is 1. The molecule has 4 N–H and O–H groups in total. The highest BCUT2D eigenvalue weighted by molar-refractivity contribution is 5.75. The van der Waals surface area contributed by atoms with Crippen LogP contribution in [0.3, 0.4) is 0 Å². The van der Waals surface area contributed by atoms with Crippen LogP contribution >= 0.6 is 0 Å². The lowest BCUT2D eigenvalue weighted by molar-refractivity contribution is -0.121. The van der Waals surface area contributed by atoms with Crippen LogP contribution in [0.2, 0.25) is 0 Å². The van der Waals surface area contributed by atoms with E-state index in [0.717, 1.165) is 30.1 Å². The molecule has 0 atom stereocenters. The van der Waals surface area contributed by atoms with Gasteiger partial charge in [-0.3, -0.25) is 14.2 Å². The summed E-state index contributed by atoms with van der Waals surface area (Å²) in [5.74, 6) is 1.27. The number of carbonyl (C=O) groups excluding carboxylic acids is 1. The van der Waals surface area contributed by atoms with Crippen molar-refractivity contribution < 1.29 is 4.79 Å². The van der Waals surface area contributed by atoms with E-state index in [-0.39, 0.29) is 18.0 Å². The molecule has 2 aromatic heterocycles. The molecule has 0 aliphatic heterocycles. The van der Waals surface area contributed by atoms with Crippen molar-refractivity contribution in [2.45, 2.75) is 52.6 Å². The summed E-state index contributed by atoms with van der Waals surface area (Å²) in [6, 6.07) is 3.54. The van der Waals surface area contributed by atoms with E-state index in [4.69, 9.17) is 5.73 Å². The van der Waals surface area contributed by atoms with Gasteiger partial charge >= 0.3 is 0 Å². The Morgan fingerprint density at radius 2 is 2.11 bits per heavy atom. The Morgan fingerprint density at radius 1 is 1.32 bits per heavy atom. The molecule has 0 aromatic carbocycles. The maximum Gasteiger partial charge on any atom is 0.293 e. The topological polar surface area (TPSA) is 115 Å². The third kappa shape index (κ3) is 4.88. The molecule has 0 saturated heterocycles. The number of hydrogen-bond donors (Lipinski definition) is 3. The maximum absolute atomic E-state index is 12.7. The van der Waals surface area contributed by atoms with E-state index in [1.54, 1.807) is 19.2 Å². The summed E-state index contributed by atoms with van der Waals surface area (Å²) in [7, 11) is 0. The van der Waals surface area contributed by atoms with Crippen molar-refractivity contribution in [2.75, 3.05) is 17.6 Å². The van der Waals surface area contributed by atoms with Crippen LogP contribution in [0.5, 0.6) is 0 Å². The molecule has 0 bridgehead atoms. The number of nitrogens with two attached hydrogens (primary N) is 1. The van der Waals surface area contributed by atoms with Crippen LogP contribution in [0.4, 0.5) is 11.6 Å². The predicted octanol–water partition coefficient (Wildman–Crippen LogP) is 1.76. The van der Waals surface area contributed by atoms with Crippen LogP contribution in [-0.4, -0.2) is 27.0 Å². The van der Waals surface area contributed by atoms with Crippen LogP contribution in [0.25, 0.3) is 0 Å². The first-order valence-corrected chi connectivity index (χ1v) is 9.73. The van der Waals surface area contributed by atoms with Gasteiger partial charge in [0.2, 0.25) is 5.91 Å². The van der Waals surface area contributed by atoms with Gasteiger partial charge in [-0.2, -0.15) is 0 Å². The quantitative estimate of drug-likeness (QED) is 0.639. The number of carbonyl (C=O) groups is 1. The molecule has 1 aliphatic rings. The Kier molecular flexibility index (Phi) is 6.28. The van der Waals surface area contributed by atoms with Gasteiger partial charge in [-0.25, -0.2) is 9.97 Å². The molecule has 8 heteroatoms. The van der Waals surface area contributed by atoms with Crippen molar-refractivity contribution >= 4 is 17.5 Å². The largest absolute Gasteiger partial charge is 0.384 e. The van der Waals surface area contributed by atoms with Crippen molar-refractivity contribution in [1.29, 1.82) is 0 Å². The Labute approximate surface area is 164 Å². The smallest absolute Gasteiger partial charge is 0.293 e. The molecule has 2 aromatic rings. The molecule has 2 heterocycles. The zero-order valence-electron chi connectivity index (χ0n) is 16.5. The lowest BCUT2D eigenvalue weighted by atomic mass is 9.83. The van der Waals surface area contributed by atoms with Crippen LogP contribution in [-0.2, 0) is 17.9 Å². The maximum atomic E-state index is 12.7. The molecule has 28 heavy (non-hydrogen) atoms. The second kappa shape index (κ2) is 8.86. The molecule has 0 unspecified atom stereocenters. The molecule has 1 fully saturated rings. The minimum atomic E-state index is -0.269. The van der Waals surface area contributed by atoms with Crippen LogP contribution < -0.4 is 21.9 Å². The van der Waals surface area contributed by atoms with Gasteiger partial charge < -0.3 is 16.4 Å². The lowest BCUT2D eigenvalue weighted by Gasteiger charge is -2.25. The van der Waals surface area contributed by atoms with Gasteiger partial charge in [0.1, 0.15) is 12.4 Å². The molecular weight excluding hydrogens is 356 g/mol. The van der Waals surface area contributed by atoms with E-state index < -0.39 is 0 Å². The number of rotatable bonds is 8. The Hall–Kier alpha value is -2.90. The molecule has 0 spiro atoms. The Balaban J connectivity index is 1.59. The average Bonchev–Trinajstić information content (AvgIpc) is 2.61. The molecular formula is C20H28N6O2. The van der Waals surface area contributed by atoms with E-state index >= 15 is 0 Å². The number of pyridine rings is 1. The zero-order valence-corrected chi connectivity index (χ0v) is 16.5. The number of nitrogens with zero attached hydrogens (tertiary/aromatic N) is 3. The summed E-state index contributed by atoms with van der Waals surface area (Å²) in [6.45, 7) is 4.63. The molecule has 1 aliphatic carbocycles. The number of aromatic nitrogens is 3. The highest BCUT2D eigenvalue weighted by atomic mass is 16.2. The lowest BCUT2D eigenvalue weighted by Crippen LogP contribution is -2.34. The fourth-order valence-corrected chi connectivity index (χ4v) is 3.25. The van der Waals surface area contributed by atoms with Crippen molar-refractivity contribution in [2.24, 2.45) is 5.92 Å². The first kappa shape index (κ1) is 19.9. The Morgan fingerprint density at radius 3 is 2.79 bits per heavy atom. The standard InChI is InChI=1S/C20H28N6O2/c1-13-10-24-19(22-9-8-15-4-3-5-15)20(28)26(13)12-18(27)23-11-16-6-7-17(21)25-14(16)2/h6-7,10,15H,3-5,8-9,11-12H2,1-2H3,(H2,21,25)(H,22,24)(H,23,27). The predicted molar refractivity (Wildman–Crippen MR) is 109 cm³/mol. The number of nitrogen functional groups attached to an aromatic ring is 1. The molecule has 0 radical (unpaired) electrons. The molecule has 3 rings (SSSR count). The van der Waals surface area contributed by atoms with Gasteiger partial charge in [0.05, 0.1) is 0 Å². The summed E-state index contributed by atoms with van der Waals surface area (Å²) in [6.07, 6.45) is 6.52. The first-order chi connectivity index (χ1) is 13.4. The van der Waals surface area contributed by atoms with Crippen molar-refractivity contribution in [3.8, 4) is 0 Å². The van der Waals surface area contributed by atoms with Crippen molar-refractivity contribution in [3.63, 3.8) is 0 Å². The van der Waals surface area contributed by atoms with Crippen LogP contribution in [0, 0.1) is 19.8 Å². The van der Waals surface area contributed by atoms with Crippen LogP contribution in [0.15, 0.2) is 23.1 Å². The van der Waals surface area contributed by atoms with Gasteiger partial charge in [-0.15, -0.1) is 0 Å². The molecule has 8 nitrogen and oxygen atoms in total. The number of anilines is 2. The minimum absolute atomic E-state index is 0.0497. The van der Waals surface area contributed by atoms with E-state index in [0.29, 0.717) is 23.9 Å². The third-order valence-electron chi connectivity index (χ3n) is 5.32. The second-order valence-corrected chi connectivity index (χ2v) is 7.41. The summed E-state index contributed by atoms with van der Waals surface area (Å²) in [5, 5.41) is 5.96. The molecule has 1 saturated carbocycles. The van der Waals surface area contributed by atoms with E-state index in [2.05, 4.69) is 20.6 Å². The normalized spacial score (nSPS) is 13.8. The highest BCUT2D eigenvalue weighted by Gasteiger charge is 2.17. The van der Waals surface area contributed by atoms with Crippen molar-refractivity contribution in [1.82, 2.24) is 19.9 Å². The number of hydrogen-bond acceptors (Lipinski definition) is 6. The average molecular weight is 384 g/mol. The first-order valence-electron chi connectivity index (χ1n) is 9.73. The highest BCUT2D eigenvalue weighted by Crippen LogP contribution is 2.28. The summed E-state index contributed by atoms with van der Waals surface area (Å²) >= 11 is 0.